The largest absolute Gasteiger partial charge is 0.352 e. The molecule has 2 amide bonds. The number of aryl methyl sites for hydroxylation is 1. The fourth-order valence-corrected chi connectivity index (χ4v) is 3.16. The van der Waals surface area contributed by atoms with Gasteiger partial charge in [0.25, 0.3) is 0 Å². The second-order valence-electron chi connectivity index (χ2n) is 7.25. The predicted molar refractivity (Wildman–Crippen MR) is 114 cm³/mol. The Morgan fingerprint density at radius 1 is 1.11 bits per heavy atom. The molecule has 0 saturated heterocycles. The standard InChI is InChI=1S/C23H29ClN2O2/c1-5-17(3)25-23(28)18(4)26(15-20-11-7-6-9-16(20)2)22(27)14-19-10-8-12-21(24)13-19/h6-13,17-18H,5,14-15H2,1-4H3,(H,25,28)/t17-,18+/m0/s1. The number of carbonyl (C=O) groups excluding carboxylic acids is 2. The molecule has 0 aromatic heterocycles. The van der Waals surface area contributed by atoms with Gasteiger partial charge in [0, 0.05) is 17.6 Å². The number of nitrogens with zero attached hydrogens (tertiary/aromatic N) is 1. The quantitative estimate of drug-likeness (QED) is 0.708. The third-order valence-corrected chi connectivity index (χ3v) is 5.25. The summed E-state index contributed by atoms with van der Waals surface area (Å²) < 4.78 is 0. The van der Waals surface area contributed by atoms with E-state index in [4.69, 9.17) is 11.6 Å². The number of hydrogen-bond acceptors (Lipinski definition) is 2. The number of benzene rings is 2. The number of nitrogens with one attached hydrogen (secondary N) is 1. The first kappa shape index (κ1) is 22.0. The van der Waals surface area contributed by atoms with Gasteiger partial charge in [-0.1, -0.05) is 54.9 Å². The van der Waals surface area contributed by atoms with E-state index in [0.717, 1.165) is 23.1 Å². The monoisotopic (exact) mass is 400 g/mol. The molecule has 28 heavy (non-hydrogen) atoms. The lowest BCUT2D eigenvalue weighted by atomic mass is 10.1. The molecular formula is C23H29ClN2O2. The maximum atomic E-state index is 13.1. The molecule has 4 nitrogen and oxygen atoms in total. The Kier molecular flexibility index (Phi) is 8.06. The van der Waals surface area contributed by atoms with E-state index in [1.807, 2.05) is 57.2 Å². The summed E-state index contributed by atoms with van der Waals surface area (Å²) in [6, 6.07) is 14.7. The molecule has 0 spiro atoms. The zero-order chi connectivity index (χ0) is 20.7. The lowest BCUT2D eigenvalue weighted by Gasteiger charge is -2.30. The highest BCUT2D eigenvalue weighted by Crippen LogP contribution is 2.17. The van der Waals surface area contributed by atoms with Crippen molar-refractivity contribution < 1.29 is 9.59 Å². The van der Waals surface area contributed by atoms with Crippen molar-refractivity contribution in [3.8, 4) is 0 Å². The molecule has 0 aliphatic heterocycles. The number of halogens is 1. The maximum absolute atomic E-state index is 13.1. The number of amides is 2. The molecule has 0 unspecified atom stereocenters. The van der Waals surface area contributed by atoms with E-state index in [1.165, 1.54) is 0 Å². The van der Waals surface area contributed by atoms with Crippen molar-refractivity contribution in [2.75, 3.05) is 0 Å². The Bertz CT molecular complexity index is 822. The van der Waals surface area contributed by atoms with Gasteiger partial charge in [0.15, 0.2) is 0 Å². The molecule has 2 atom stereocenters. The number of carbonyl (C=O) groups is 2. The molecular weight excluding hydrogens is 372 g/mol. The van der Waals surface area contributed by atoms with Gasteiger partial charge in [0.2, 0.25) is 11.8 Å². The minimum absolute atomic E-state index is 0.0679. The van der Waals surface area contributed by atoms with Gasteiger partial charge in [-0.05, 0) is 56.0 Å². The molecule has 0 aliphatic rings. The zero-order valence-electron chi connectivity index (χ0n) is 17.0. The highest BCUT2D eigenvalue weighted by Gasteiger charge is 2.27. The van der Waals surface area contributed by atoms with Gasteiger partial charge in [-0.2, -0.15) is 0 Å². The highest BCUT2D eigenvalue weighted by atomic mass is 35.5. The molecule has 0 fully saturated rings. The van der Waals surface area contributed by atoms with Crippen LogP contribution in [0.4, 0.5) is 0 Å². The average Bonchev–Trinajstić information content (AvgIpc) is 2.66. The SMILES string of the molecule is CC[C@H](C)NC(=O)[C@@H](C)N(Cc1ccccc1C)C(=O)Cc1cccc(Cl)c1. The maximum Gasteiger partial charge on any atom is 0.242 e. The van der Waals surface area contributed by atoms with E-state index >= 15 is 0 Å². The zero-order valence-corrected chi connectivity index (χ0v) is 17.8. The Morgan fingerprint density at radius 3 is 2.46 bits per heavy atom. The second-order valence-corrected chi connectivity index (χ2v) is 7.69. The van der Waals surface area contributed by atoms with Crippen LogP contribution in [0.1, 0.15) is 43.9 Å². The van der Waals surface area contributed by atoms with Crippen LogP contribution in [0.2, 0.25) is 5.02 Å². The molecule has 2 rings (SSSR count). The van der Waals surface area contributed by atoms with E-state index in [1.54, 1.807) is 24.0 Å². The smallest absolute Gasteiger partial charge is 0.242 e. The molecule has 2 aromatic rings. The summed E-state index contributed by atoms with van der Waals surface area (Å²) >= 11 is 6.06. The van der Waals surface area contributed by atoms with Crippen LogP contribution in [0.5, 0.6) is 0 Å². The topological polar surface area (TPSA) is 49.4 Å². The summed E-state index contributed by atoms with van der Waals surface area (Å²) in [6.45, 7) is 8.17. The van der Waals surface area contributed by atoms with Gasteiger partial charge >= 0.3 is 0 Å². The van der Waals surface area contributed by atoms with Crippen LogP contribution in [-0.2, 0) is 22.6 Å². The summed E-state index contributed by atoms with van der Waals surface area (Å²) in [5.41, 5.74) is 2.96. The van der Waals surface area contributed by atoms with Crippen LogP contribution >= 0.6 is 11.6 Å². The van der Waals surface area contributed by atoms with E-state index in [9.17, 15) is 9.59 Å². The van der Waals surface area contributed by atoms with Crippen molar-refractivity contribution in [1.29, 1.82) is 0 Å². The van der Waals surface area contributed by atoms with E-state index < -0.39 is 6.04 Å². The summed E-state index contributed by atoms with van der Waals surface area (Å²) in [4.78, 5) is 27.5. The van der Waals surface area contributed by atoms with Crippen LogP contribution in [0.3, 0.4) is 0 Å². The Morgan fingerprint density at radius 2 is 1.82 bits per heavy atom. The lowest BCUT2D eigenvalue weighted by Crippen LogP contribution is -2.50. The van der Waals surface area contributed by atoms with Gasteiger partial charge < -0.3 is 10.2 Å². The van der Waals surface area contributed by atoms with Crippen molar-refractivity contribution in [3.05, 3.63) is 70.2 Å². The molecule has 150 valence electrons. The van der Waals surface area contributed by atoms with Gasteiger partial charge in [-0.25, -0.2) is 0 Å². The highest BCUT2D eigenvalue weighted by molar-refractivity contribution is 6.30. The van der Waals surface area contributed by atoms with Crippen molar-refractivity contribution in [1.82, 2.24) is 10.2 Å². The summed E-state index contributed by atoms with van der Waals surface area (Å²) in [6.07, 6.45) is 1.04. The van der Waals surface area contributed by atoms with Crippen LogP contribution in [0, 0.1) is 6.92 Å². The average molecular weight is 401 g/mol. The van der Waals surface area contributed by atoms with Gasteiger partial charge in [0.1, 0.15) is 6.04 Å². The van der Waals surface area contributed by atoms with Crippen molar-refractivity contribution in [3.63, 3.8) is 0 Å². The number of hydrogen-bond donors (Lipinski definition) is 1. The van der Waals surface area contributed by atoms with Crippen molar-refractivity contribution in [2.24, 2.45) is 0 Å². The first-order valence-electron chi connectivity index (χ1n) is 9.70. The van der Waals surface area contributed by atoms with Gasteiger partial charge in [-0.15, -0.1) is 0 Å². The first-order valence-corrected chi connectivity index (χ1v) is 10.1. The van der Waals surface area contributed by atoms with Gasteiger partial charge in [0.05, 0.1) is 6.42 Å². The molecule has 5 heteroatoms. The van der Waals surface area contributed by atoms with Crippen LogP contribution in [0.15, 0.2) is 48.5 Å². The Hall–Kier alpha value is -2.33. The molecule has 0 aliphatic carbocycles. The van der Waals surface area contributed by atoms with E-state index in [-0.39, 0.29) is 24.3 Å². The second kappa shape index (κ2) is 10.3. The van der Waals surface area contributed by atoms with E-state index in [2.05, 4.69) is 5.32 Å². The molecule has 0 heterocycles. The minimum atomic E-state index is -0.569. The molecule has 0 saturated carbocycles. The number of rotatable bonds is 8. The third-order valence-electron chi connectivity index (χ3n) is 5.01. The molecule has 0 bridgehead atoms. The fraction of sp³-hybridized carbons (Fsp3) is 0.391. The summed E-state index contributed by atoms with van der Waals surface area (Å²) in [5, 5.41) is 3.58. The molecule has 1 N–H and O–H groups in total. The Labute approximate surface area is 172 Å². The van der Waals surface area contributed by atoms with Crippen molar-refractivity contribution >= 4 is 23.4 Å². The summed E-state index contributed by atoms with van der Waals surface area (Å²) in [5.74, 6) is -0.236. The molecule has 2 aromatic carbocycles. The predicted octanol–water partition coefficient (Wildman–Crippen LogP) is 4.52. The van der Waals surface area contributed by atoms with Crippen LogP contribution < -0.4 is 5.32 Å². The normalized spacial score (nSPS) is 12.9. The minimum Gasteiger partial charge on any atom is -0.352 e. The molecule has 0 radical (unpaired) electrons. The van der Waals surface area contributed by atoms with Crippen LogP contribution in [-0.4, -0.2) is 28.8 Å². The summed E-state index contributed by atoms with van der Waals surface area (Å²) in [7, 11) is 0. The van der Waals surface area contributed by atoms with E-state index in [0.29, 0.717) is 11.6 Å². The van der Waals surface area contributed by atoms with Gasteiger partial charge in [-0.3, -0.25) is 9.59 Å². The first-order chi connectivity index (χ1) is 13.3. The Balaban J connectivity index is 2.25. The van der Waals surface area contributed by atoms with Crippen molar-refractivity contribution in [2.45, 2.75) is 59.2 Å². The fourth-order valence-electron chi connectivity index (χ4n) is 2.94. The lowest BCUT2D eigenvalue weighted by molar-refractivity contribution is -0.140. The van der Waals surface area contributed by atoms with Crippen LogP contribution in [0.25, 0.3) is 0 Å². The third kappa shape index (κ3) is 6.10.